The van der Waals surface area contributed by atoms with Crippen molar-refractivity contribution in [2.45, 2.75) is 110 Å². The first-order chi connectivity index (χ1) is 14.8. The van der Waals surface area contributed by atoms with E-state index in [1.165, 1.54) is 109 Å². The van der Waals surface area contributed by atoms with Gasteiger partial charge in [0.2, 0.25) is 5.91 Å². The SMILES string of the molecule is C=CC(=O)Nc1ccc(NCCCCCCCCCCCCCCCCCC)cc1. The monoisotopic (exact) mass is 414 g/mol. The van der Waals surface area contributed by atoms with Crippen LogP contribution >= 0.6 is 0 Å². The van der Waals surface area contributed by atoms with Crippen molar-refractivity contribution >= 4 is 17.3 Å². The Balaban J connectivity index is 1.83. The van der Waals surface area contributed by atoms with Crippen molar-refractivity contribution in [1.82, 2.24) is 0 Å². The molecule has 170 valence electrons. The first kappa shape index (κ1) is 26.3. The van der Waals surface area contributed by atoms with E-state index in [0.29, 0.717) is 0 Å². The predicted octanol–water partition coefficient (Wildman–Crippen LogP) is 8.48. The van der Waals surface area contributed by atoms with Crippen LogP contribution in [-0.2, 0) is 4.79 Å². The molecule has 2 N–H and O–H groups in total. The molecule has 1 rings (SSSR count). The predicted molar refractivity (Wildman–Crippen MR) is 133 cm³/mol. The number of benzene rings is 1. The summed E-state index contributed by atoms with van der Waals surface area (Å²) in [7, 11) is 0. The zero-order chi connectivity index (χ0) is 21.7. The lowest BCUT2D eigenvalue weighted by Crippen LogP contribution is -2.07. The summed E-state index contributed by atoms with van der Waals surface area (Å²) in [4.78, 5) is 11.3. The Bertz CT molecular complexity index is 538. The number of rotatable bonds is 20. The van der Waals surface area contributed by atoms with Gasteiger partial charge in [-0.2, -0.15) is 0 Å². The number of anilines is 2. The maximum Gasteiger partial charge on any atom is 0.247 e. The van der Waals surface area contributed by atoms with Crippen LogP contribution in [0.15, 0.2) is 36.9 Å². The molecule has 1 amide bonds. The van der Waals surface area contributed by atoms with Gasteiger partial charge in [0.1, 0.15) is 0 Å². The maximum absolute atomic E-state index is 11.3. The number of hydrogen-bond acceptors (Lipinski definition) is 2. The van der Waals surface area contributed by atoms with Gasteiger partial charge in [-0.3, -0.25) is 4.79 Å². The van der Waals surface area contributed by atoms with Crippen molar-refractivity contribution in [2.24, 2.45) is 0 Å². The molecule has 0 saturated heterocycles. The Morgan fingerprint density at radius 3 is 1.53 bits per heavy atom. The molecule has 0 bridgehead atoms. The molecule has 0 fully saturated rings. The van der Waals surface area contributed by atoms with Crippen molar-refractivity contribution in [1.29, 1.82) is 0 Å². The highest BCUT2D eigenvalue weighted by Crippen LogP contribution is 2.15. The van der Waals surface area contributed by atoms with Crippen LogP contribution in [0.5, 0.6) is 0 Å². The van der Waals surface area contributed by atoms with Crippen molar-refractivity contribution in [3.63, 3.8) is 0 Å². The van der Waals surface area contributed by atoms with Crippen LogP contribution in [0.2, 0.25) is 0 Å². The van der Waals surface area contributed by atoms with E-state index in [1.807, 2.05) is 24.3 Å². The standard InChI is InChI=1S/C27H46N2O/c1-3-5-6-7-8-9-10-11-12-13-14-15-16-17-18-19-24-28-25-20-22-26(23-21-25)29-27(30)4-2/h4,20-23,28H,2-3,5-19,24H2,1H3,(H,29,30). The summed E-state index contributed by atoms with van der Waals surface area (Å²) in [6, 6.07) is 7.84. The normalized spacial score (nSPS) is 10.7. The minimum Gasteiger partial charge on any atom is -0.385 e. The van der Waals surface area contributed by atoms with E-state index in [2.05, 4.69) is 24.1 Å². The van der Waals surface area contributed by atoms with Crippen LogP contribution in [-0.4, -0.2) is 12.5 Å². The van der Waals surface area contributed by atoms with Gasteiger partial charge in [-0.25, -0.2) is 0 Å². The number of carbonyl (C=O) groups is 1. The Morgan fingerprint density at radius 2 is 1.10 bits per heavy atom. The molecule has 3 nitrogen and oxygen atoms in total. The van der Waals surface area contributed by atoms with E-state index in [0.717, 1.165) is 17.9 Å². The minimum absolute atomic E-state index is 0.177. The van der Waals surface area contributed by atoms with Crippen molar-refractivity contribution < 1.29 is 4.79 Å². The van der Waals surface area contributed by atoms with Gasteiger partial charge in [-0.05, 0) is 36.8 Å². The molecule has 0 saturated carbocycles. The summed E-state index contributed by atoms with van der Waals surface area (Å²) in [5, 5.41) is 6.22. The highest BCUT2D eigenvalue weighted by molar-refractivity contribution is 5.98. The minimum atomic E-state index is -0.177. The fourth-order valence-corrected chi connectivity index (χ4v) is 3.77. The van der Waals surface area contributed by atoms with Gasteiger partial charge in [0.15, 0.2) is 0 Å². The second-order valence-corrected chi connectivity index (χ2v) is 8.50. The summed E-state index contributed by atoms with van der Waals surface area (Å²) >= 11 is 0. The molecule has 0 aromatic heterocycles. The Kier molecular flexibility index (Phi) is 16.8. The summed E-state index contributed by atoms with van der Waals surface area (Å²) in [5.41, 5.74) is 1.90. The molecule has 0 unspecified atom stereocenters. The Morgan fingerprint density at radius 1 is 0.700 bits per heavy atom. The summed E-state index contributed by atoms with van der Waals surface area (Å²) in [6.45, 7) is 6.76. The summed E-state index contributed by atoms with van der Waals surface area (Å²) < 4.78 is 0. The Labute approximate surface area is 186 Å². The van der Waals surface area contributed by atoms with Gasteiger partial charge in [-0.15, -0.1) is 0 Å². The third-order valence-electron chi connectivity index (χ3n) is 5.70. The lowest BCUT2D eigenvalue weighted by atomic mass is 10.0. The molecular formula is C27H46N2O. The molecule has 0 aliphatic carbocycles. The summed E-state index contributed by atoms with van der Waals surface area (Å²) in [6.07, 6.45) is 23.7. The first-order valence-corrected chi connectivity index (χ1v) is 12.5. The second kappa shape index (κ2) is 19.2. The topological polar surface area (TPSA) is 41.1 Å². The van der Waals surface area contributed by atoms with Crippen LogP contribution in [0.25, 0.3) is 0 Å². The molecule has 0 aliphatic heterocycles. The molecule has 0 spiro atoms. The van der Waals surface area contributed by atoms with Crippen molar-refractivity contribution in [2.75, 3.05) is 17.2 Å². The number of carbonyl (C=O) groups excluding carboxylic acids is 1. The van der Waals surface area contributed by atoms with E-state index >= 15 is 0 Å². The van der Waals surface area contributed by atoms with Gasteiger partial charge in [0.05, 0.1) is 0 Å². The number of hydrogen-bond donors (Lipinski definition) is 2. The second-order valence-electron chi connectivity index (χ2n) is 8.50. The van der Waals surface area contributed by atoms with Gasteiger partial charge in [0.25, 0.3) is 0 Å². The Hall–Kier alpha value is -1.77. The van der Waals surface area contributed by atoms with Gasteiger partial charge < -0.3 is 10.6 Å². The lowest BCUT2D eigenvalue weighted by Gasteiger charge is -2.08. The zero-order valence-corrected chi connectivity index (χ0v) is 19.5. The highest BCUT2D eigenvalue weighted by atomic mass is 16.1. The van der Waals surface area contributed by atoms with Crippen LogP contribution in [0.4, 0.5) is 11.4 Å². The molecule has 1 aromatic rings. The van der Waals surface area contributed by atoms with Crippen LogP contribution in [0, 0.1) is 0 Å². The zero-order valence-electron chi connectivity index (χ0n) is 19.5. The number of amides is 1. The third-order valence-corrected chi connectivity index (χ3v) is 5.70. The van der Waals surface area contributed by atoms with Crippen molar-refractivity contribution in [3.8, 4) is 0 Å². The van der Waals surface area contributed by atoms with E-state index in [1.54, 1.807) is 0 Å². The first-order valence-electron chi connectivity index (χ1n) is 12.5. The van der Waals surface area contributed by atoms with Crippen LogP contribution in [0.3, 0.4) is 0 Å². The molecule has 0 heterocycles. The fourth-order valence-electron chi connectivity index (χ4n) is 3.77. The molecule has 1 aromatic carbocycles. The number of unbranched alkanes of at least 4 members (excludes halogenated alkanes) is 15. The lowest BCUT2D eigenvalue weighted by molar-refractivity contribution is -0.111. The van der Waals surface area contributed by atoms with E-state index in [4.69, 9.17) is 0 Å². The quantitative estimate of drug-likeness (QED) is 0.166. The molecule has 3 heteroatoms. The molecule has 0 aliphatic rings. The van der Waals surface area contributed by atoms with E-state index in [9.17, 15) is 4.79 Å². The number of nitrogens with one attached hydrogen (secondary N) is 2. The smallest absolute Gasteiger partial charge is 0.247 e. The largest absolute Gasteiger partial charge is 0.385 e. The van der Waals surface area contributed by atoms with E-state index in [-0.39, 0.29) is 5.91 Å². The van der Waals surface area contributed by atoms with Gasteiger partial charge >= 0.3 is 0 Å². The van der Waals surface area contributed by atoms with Crippen LogP contribution in [0.1, 0.15) is 110 Å². The molecule has 0 atom stereocenters. The van der Waals surface area contributed by atoms with Crippen molar-refractivity contribution in [3.05, 3.63) is 36.9 Å². The molecule has 0 radical (unpaired) electrons. The van der Waals surface area contributed by atoms with Gasteiger partial charge in [-0.1, -0.05) is 110 Å². The fraction of sp³-hybridized carbons (Fsp3) is 0.667. The average molecular weight is 415 g/mol. The maximum atomic E-state index is 11.3. The highest BCUT2D eigenvalue weighted by Gasteiger charge is 1.98. The van der Waals surface area contributed by atoms with Gasteiger partial charge in [0, 0.05) is 17.9 Å². The average Bonchev–Trinajstić information content (AvgIpc) is 2.77. The molecular weight excluding hydrogens is 368 g/mol. The molecule has 30 heavy (non-hydrogen) atoms. The summed E-state index contributed by atoms with van der Waals surface area (Å²) in [5.74, 6) is -0.177. The van der Waals surface area contributed by atoms with Crippen LogP contribution < -0.4 is 10.6 Å². The van der Waals surface area contributed by atoms with E-state index < -0.39 is 0 Å². The third kappa shape index (κ3) is 15.1.